The molecule has 1 aromatic heterocycles. The summed E-state index contributed by atoms with van der Waals surface area (Å²) in [6.45, 7) is 2.04. The molecular formula is C10H16N4O2S. The third-order valence-corrected chi connectivity index (χ3v) is 3.13. The Morgan fingerprint density at radius 3 is 2.59 bits per heavy atom. The molecule has 2 amide bonds. The molecule has 0 unspecified atom stereocenters. The van der Waals surface area contributed by atoms with Gasteiger partial charge in [0.05, 0.1) is 5.69 Å². The van der Waals surface area contributed by atoms with Gasteiger partial charge < -0.3 is 16.0 Å². The first-order valence-electron chi connectivity index (χ1n) is 5.13. The Morgan fingerprint density at radius 1 is 1.47 bits per heavy atom. The van der Waals surface area contributed by atoms with Crippen LogP contribution in [0.1, 0.15) is 21.8 Å². The smallest absolute Gasteiger partial charge is 0.263 e. The zero-order valence-electron chi connectivity index (χ0n) is 10.1. The van der Waals surface area contributed by atoms with Crippen molar-refractivity contribution in [2.75, 3.05) is 26.4 Å². The highest BCUT2D eigenvalue weighted by molar-refractivity contribution is 7.17. The Balaban J connectivity index is 2.46. The predicted octanol–water partition coefficient (Wildman–Crippen LogP) is 0.242. The lowest BCUT2D eigenvalue weighted by atomic mass is 10.3. The van der Waals surface area contributed by atoms with E-state index in [4.69, 9.17) is 5.73 Å². The molecular weight excluding hydrogens is 240 g/mol. The molecule has 0 fully saturated rings. The van der Waals surface area contributed by atoms with E-state index in [0.29, 0.717) is 22.2 Å². The van der Waals surface area contributed by atoms with Crippen molar-refractivity contribution < 1.29 is 9.59 Å². The van der Waals surface area contributed by atoms with Crippen LogP contribution < -0.4 is 11.1 Å². The Bertz CT molecular complexity index is 428. The fourth-order valence-electron chi connectivity index (χ4n) is 1.21. The number of nitrogens with one attached hydrogen (secondary N) is 1. The molecule has 6 nitrogen and oxygen atoms in total. The number of thiazole rings is 1. The molecule has 0 aliphatic rings. The molecule has 0 saturated heterocycles. The first kappa shape index (κ1) is 13.4. The lowest BCUT2D eigenvalue weighted by Gasteiger charge is -2.10. The second kappa shape index (κ2) is 5.62. The van der Waals surface area contributed by atoms with Gasteiger partial charge in [-0.2, -0.15) is 0 Å². The van der Waals surface area contributed by atoms with Crippen LogP contribution in [0.5, 0.6) is 0 Å². The largest absolute Gasteiger partial charge is 0.375 e. The van der Waals surface area contributed by atoms with E-state index in [1.54, 1.807) is 21.0 Å². The highest BCUT2D eigenvalue weighted by Gasteiger charge is 2.14. The number of aromatic nitrogens is 1. The van der Waals surface area contributed by atoms with E-state index in [1.807, 2.05) is 0 Å². The summed E-state index contributed by atoms with van der Waals surface area (Å²) in [4.78, 5) is 28.9. The van der Waals surface area contributed by atoms with Crippen LogP contribution in [0.4, 0.5) is 5.13 Å². The lowest BCUT2D eigenvalue weighted by molar-refractivity contribution is -0.128. The quantitative estimate of drug-likeness (QED) is 0.807. The van der Waals surface area contributed by atoms with E-state index >= 15 is 0 Å². The molecule has 1 aromatic rings. The van der Waals surface area contributed by atoms with Crippen molar-refractivity contribution in [2.45, 2.75) is 13.3 Å². The zero-order chi connectivity index (χ0) is 13.0. The van der Waals surface area contributed by atoms with Gasteiger partial charge in [-0.05, 0) is 6.92 Å². The van der Waals surface area contributed by atoms with Gasteiger partial charge in [-0.15, -0.1) is 0 Å². The summed E-state index contributed by atoms with van der Waals surface area (Å²) >= 11 is 1.15. The molecule has 0 saturated carbocycles. The fourth-order valence-corrected chi connectivity index (χ4v) is 1.96. The summed E-state index contributed by atoms with van der Waals surface area (Å²) < 4.78 is 0. The van der Waals surface area contributed by atoms with Crippen LogP contribution in [0.15, 0.2) is 0 Å². The minimum Gasteiger partial charge on any atom is -0.375 e. The van der Waals surface area contributed by atoms with Gasteiger partial charge in [-0.3, -0.25) is 9.59 Å². The van der Waals surface area contributed by atoms with E-state index in [9.17, 15) is 9.59 Å². The van der Waals surface area contributed by atoms with E-state index in [-0.39, 0.29) is 18.2 Å². The van der Waals surface area contributed by atoms with Crippen molar-refractivity contribution in [1.29, 1.82) is 0 Å². The molecule has 0 aliphatic heterocycles. The van der Waals surface area contributed by atoms with Crippen LogP contribution in [0.3, 0.4) is 0 Å². The van der Waals surface area contributed by atoms with Gasteiger partial charge in [0.2, 0.25) is 5.91 Å². The molecule has 1 heterocycles. The van der Waals surface area contributed by atoms with E-state index < -0.39 is 0 Å². The van der Waals surface area contributed by atoms with Crippen LogP contribution in [-0.4, -0.2) is 42.3 Å². The average molecular weight is 256 g/mol. The van der Waals surface area contributed by atoms with Crippen LogP contribution in [0, 0.1) is 6.92 Å². The number of anilines is 1. The Hall–Kier alpha value is -1.63. The third-order valence-electron chi connectivity index (χ3n) is 2.14. The van der Waals surface area contributed by atoms with Crippen LogP contribution in [-0.2, 0) is 4.79 Å². The normalized spacial score (nSPS) is 10.1. The van der Waals surface area contributed by atoms with Gasteiger partial charge in [0.1, 0.15) is 4.88 Å². The Kier molecular flexibility index (Phi) is 4.45. The number of nitrogens with zero attached hydrogens (tertiary/aromatic N) is 2. The number of carbonyl (C=O) groups is 2. The summed E-state index contributed by atoms with van der Waals surface area (Å²) in [5.41, 5.74) is 6.12. The van der Waals surface area contributed by atoms with Gasteiger partial charge >= 0.3 is 0 Å². The second-order valence-electron chi connectivity index (χ2n) is 3.76. The summed E-state index contributed by atoms with van der Waals surface area (Å²) in [6, 6.07) is 0. The minimum absolute atomic E-state index is 0.0224. The van der Waals surface area contributed by atoms with Crippen LogP contribution in [0.25, 0.3) is 0 Å². The summed E-state index contributed by atoms with van der Waals surface area (Å²) in [5.74, 6) is -0.255. The van der Waals surface area contributed by atoms with Crippen molar-refractivity contribution >= 4 is 28.3 Å². The number of nitrogens with two attached hydrogens (primary N) is 1. The molecule has 0 spiro atoms. The van der Waals surface area contributed by atoms with Gasteiger partial charge in [-0.1, -0.05) is 11.3 Å². The third kappa shape index (κ3) is 3.70. The Labute approximate surface area is 104 Å². The predicted molar refractivity (Wildman–Crippen MR) is 66.9 cm³/mol. The Morgan fingerprint density at radius 2 is 2.12 bits per heavy atom. The number of hydrogen-bond donors (Lipinski definition) is 2. The van der Waals surface area contributed by atoms with Gasteiger partial charge in [0, 0.05) is 27.1 Å². The van der Waals surface area contributed by atoms with E-state index in [2.05, 4.69) is 10.3 Å². The molecule has 0 aliphatic carbocycles. The molecule has 0 radical (unpaired) electrons. The molecule has 0 atom stereocenters. The van der Waals surface area contributed by atoms with Gasteiger partial charge in [0.25, 0.3) is 5.91 Å². The topological polar surface area (TPSA) is 88.3 Å². The number of rotatable bonds is 4. The van der Waals surface area contributed by atoms with Crippen molar-refractivity contribution in [3.63, 3.8) is 0 Å². The minimum atomic E-state index is -0.233. The van der Waals surface area contributed by atoms with Gasteiger partial charge in [0.15, 0.2) is 5.13 Å². The zero-order valence-corrected chi connectivity index (χ0v) is 10.9. The van der Waals surface area contributed by atoms with E-state index in [1.165, 1.54) is 4.90 Å². The van der Waals surface area contributed by atoms with Crippen molar-refractivity contribution in [2.24, 2.45) is 0 Å². The number of nitrogen functional groups attached to an aromatic ring is 1. The number of aryl methyl sites for hydroxylation is 1. The number of carbonyl (C=O) groups excluding carboxylic acids is 2. The molecule has 1 rings (SSSR count). The highest BCUT2D eigenvalue weighted by Crippen LogP contribution is 2.19. The van der Waals surface area contributed by atoms with Crippen LogP contribution in [0.2, 0.25) is 0 Å². The van der Waals surface area contributed by atoms with Crippen molar-refractivity contribution in [3.05, 3.63) is 10.6 Å². The van der Waals surface area contributed by atoms with Crippen LogP contribution >= 0.6 is 11.3 Å². The van der Waals surface area contributed by atoms with Crippen molar-refractivity contribution in [3.8, 4) is 0 Å². The maximum Gasteiger partial charge on any atom is 0.263 e. The molecule has 17 heavy (non-hydrogen) atoms. The van der Waals surface area contributed by atoms with Gasteiger partial charge in [-0.25, -0.2) is 4.98 Å². The molecule has 0 aromatic carbocycles. The first-order valence-corrected chi connectivity index (χ1v) is 5.94. The summed E-state index contributed by atoms with van der Waals surface area (Å²) in [6.07, 6.45) is 0.284. The highest BCUT2D eigenvalue weighted by atomic mass is 32.1. The second-order valence-corrected chi connectivity index (χ2v) is 4.79. The van der Waals surface area contributed by atoms with Crippen molar-refractivity contribution in [1.82, 2.24) is 15.2 Å². The number of hydrogen-bond acceptors (Lipinski definition) is 5. The summed E-state index contributed by atoms with van der Waals surface area (Å²) in [7, 11) is 3.36. The molecule has 94 valence electrons. The first-order chi connectivity index (χ1) is 7.91. The number of amides is 2. The monoisotopic (exact) mass is 256 g/mol. The average Bonchev–Trinajstić information content (AvgIpc) is 2.57. The standard InChI is InChI=1S/C10H16N4O2S/c1-6-8(17-10(11)13-6)9(16)12-5-4-7(15)14(2)3/h4-5H2,1-3H3,(H2,11,13)(H,12,16). The maximum atomic E-state index is 11.7. The molecule has 3 N–H and O–H groups in total. The lowest BCUT2D eigenvalue weighted by Crippen LogP contribution is -2.30. The fraction of sp³-hybridized carbons (Fsp3) is 0.500. The summed E-state index contributed by atoms with van der Waals surface area (Å²) in [5, 5.41) is 3.04. The van der Waals surface area contributed by atoms with E-state index in [0.717, 1.165) is 11.3 Å². The SMILES string of the molecule is Cc1nc(N)sc1C(=O)NCCC(=O)N(C)C. The maximum absolute atomic E-state index is 11.7. The molecule has 7 heteroatoms. The molecule has 0 bridgehead atoms.